The number of ether oxygens (including phenoxy) is 1. The number of methoxy groups -OCH3 is 1. The van der Waals surface area contributed by atoms with Gasteiger partial charge in [0.05, 0.1) is 6.67 Å². The summed E-state index contributed by atoms with van der Waals surface area (Å²) < 4.78 is 4.92. The molecule has 4 heteroatoms. The van der Waals surface area contributed by atoms with Crippen LogP contribution < -0.4 is 16.2 Å². The van der Waals surface area contributed by atoms with Crippen LogP contribution >= 0.6 is 0 Å². The standard InChI is InChI=1S/C5H15N3O/c1-5(9-3)7-4-8-6-2/h5-8H,4H2,1-3H3. The number of nitrogens with one attached hydrogen (secondary N) is 3. The summed E-state index contributed by atoms with van der Waals surface area (Å²) in [5.41, 5.74) is 5.65. The third-order valence-electron chi connectivity index (χ3n) is 1.01. The van der Waals surface area contributed by atoms with Crippen molar-refractivity contribution in [3.8, 4) is 0 Å². The topological polar surface area (TPSA) is 45.3 Å². The van der Waals surface area contributed by atoms with Gasteiger partial charge in [-0.1, -0.05) is 0 Å². The fourth-order valence-electron chi connectivity index (χ4n) is 0.366. The molecule has 56 valence electrons. The fraction of sp³-hybridized carbons (Fsp3) is 1.00. The number of hydrazine groups is 1. The molecule has 0 saturated carbocycles. The second kappa shape index (κ2) is 5.97. The molecule has 0 aliphatic carbocycles. The lowest BCUT2D eigenvalue weighted by Gasteiger charge is -2.11. The predicted octanol–water partition coefficient (Wildman–Crippen LogP) is -0.750. The Kier molecular flexibility index (Phi) is 5.86. The van der Waals surface area contributed by atoms with E-state index >= 15 is 0 Å². The van der Waals surface area contributed by atoms with E-state index in [0.717, 1.165) is 0 Å². The second-order valence-electron chi connectivity index (χ2n) is 1.69. The van der Waals surface area contributed by atoms with E-state index in [-0.39, 0.29) is 6.23 Å². The van der Waals surface area contributed by atoms with E-state index in [4.69, 9.17) is 4.74 Å². The minimum atomic E-state index is 0.103. The minimum absolute atomic E-state index is 0.103. The zero-order valence-electron chi connectivity index (χ0n) is 6.19. The average molecular weight is 133 g/mol. The van der Waals surface area contributed by atoms with E-state index in [1.165, 1.54) is 0 Å². The largest absolute Gasteiger partial charge is 0.367 e. The first-order chi connectivity index (χ1) is 4.31. The monoisotopic (exact) mass is 133 g/mol. The summed E-state index contributed by atoms with van der Waals surface area (Å²) in [7, 11) is 3.48. The van der Waals surface area contributed by atoms with E-state index in [0.29, 0.717) is 6.67 Å². The van der Waals surface area contributed by atoms with Crippen LogP contribution in [0.2, 0.25) is 0 Å². The van der Waals surface area contributed by atoms with Crippen LogP contribution in [0.5, 0.6) is 0 Å². The van der Waals surface area contributed by atoms with Crippen molar-refractivity contribution in [3.63, 3.8) is 0 Å². The van der Waals surface area contributed by atoms with Gasteiger partial charge in [-0.3, -0.25) is 10.7 Å². The molecule has 0 amide bonds. The quantitative estimate of drug-likeness (QED) is 0.262. The molecular formula is C5H15N3O. The molecule has 0 aliphatic heterocycles. The summed E-state index contributed by atoms with van der Waals surface area (Å²) >= 11 is 0. The molecule has 0 heterocycles. The lowest BCUT2D eigenvalue weighted by molar-refractivity contribution is 0.0866. The summed E-state index contributed by atoms with van der Waals surface area (Å²) in [4.78, 5) is 0. The maximum atomic E-state index is 4.92. The molecule has 0 rings (SSSR count). The smallest absolute Gasteiger partial charge is 0.105 e. The molecule has 0 radical (unpaired) electrons. The van der Waals surface area contributed by atoms with E-state index in [1.54, 1.807) is 7.11 Å². The lowest BCUT2D eigenvalue weighted by atomic mass is 10.6. The Morgan fingerprint density at radius 1 is 1.56 bits per heavy atom. The molecule has 0 saturated heterocycles. The molecule has 0 spiro atoms. The Bertz CT molecular complexity index is 60.2. The van der Waals surface area contributed by atoms with Crippen LogP contribution in [0.25, 0.3) is 0 Å². The Morgan fingerprint density at radius 2 is 2.22 bits per heavy atom. The van der Waals surface area contributed by atoms with Crippen molar-refractivity contribution in [1.29, 1.82) is 0 Å². The summed E-state index contributed by atoms with van der Waals surface area (Å²) in [6, 6.07) is 0. The molecule has 0 aromatic carbocycles. The van der Waals surface area contributed by atoms with Gasteiger partial charge in [-0.2, -0.15) is 0 Å². The number of hydrogen-bond acceptors (Lipinski definition) is 4. The maximum absolute atomic E-state index is 4.92. The summed E-state index contributed by atoms with van der Waals surface area (Å²) in [6.45, 7) is 2.64. The van der Waals surface area contributed by atoms with Gasteiger partial charge < -0.3 is 4.74 Å². The van der Waals surface area contributed by atoms with Crippen molar-refractivity contribution in [3.05, 3.63) is 0 Å². The fourth-order valence-corrected chi connectivity index (χ4v) is 0.366. The molecule has 0 fully saturated rings. The van der Waals surface area contributed by atoms with Gasteiger partial charge in [-0.25, -0.2) is 5.43 Å². The van der Waals surface area contributed by atoms with E-state index in [1.807, 2.05) is 14.0 Å². The Balaban J connectivity index is 2.88. The minimum Gasteiger partial charge on any atom is -0.367 e. The normalized spacial score (nSPS) is 13.7. The molecule has 0 aromatic heterocycles. The molecular weight excluding hydrogens is 118 g/mol. The molecule has 0 aromatic rings. The first-order valence-corrected chi connectivity index (χ1v) is 2.97. The molecule has 1 atom stereocenters. The first kappa shape index (κ1) is 8.84. The Labute approximate surface area is 55.9 Å². The third kappa shape index (κ3) is 5.72. The van der Waals surface area contributed by atoms with Crippen LogP contribution in [0.4, 0.5) is 0 Å². The predicted molar refractivity (Wildman–Crippen MR) is 36.7 cm³/mol. The highest BCUT2D eigenvalue weighted by Gasteiger charge is 1.92. The van der Waals surface area contributed by atoms with Crippen molar-refractivity contribution >= 4 is 0 Å². The van der Waals surface area contributed by atoms with Crippen LogP contribution in [0.15, 0.2) is 0 Å². The van der Waals surface area contributed by atoms with Gasteiger partial charge in [0.1, 0.15) is 6.23 Å². The summed E-state index contributed by atoms with van der Waals surface area (Å²) in [5.74, 6) is 0. The SMILES string of the molecule is CNNCNC(C)OC. The van der Waals surface area contributed by atoms with Crippen molar-refractivity contribution in [1.82, 2.24) is 16.2 Å². The van der Waals surface area contributed by atoms with Gasteiger partial charge in [-0.15, -0.1) is 0 Å². The van der Waals surface area contributed by atoms with Crippen LogP contribution in [-0.4, -0.2) is 27.1 Å². The van der Waals surface area contributed by atoms with Crippen molar-refractivity contribution in [2.45, 2.75) is 13.2 Å². The highest BCUT2D eigenvalue weighted by atomic mass is 16.5. The highest BCUT2D eigenvalue weighted by Crippen LogP contribution is 1.75. The summed E-state index contributed by atoms with van der Waals surface area (Å²) in [6.07, 6.45) is 0.103. The molecule has 3 N–H and O–H groups in total. The van der Waals surface area contributed by atoms with Gasteiger partial charge in [0.25, 0.3) is 0 Å². The van der Waals surface area contributed by atoms with Crippen LogP contribution in [0.1, 0.15) is 6.92 Å². The van der Waals surface area contributed by atoms with Gasteiger partial charge in [0.2, 0.25) is 0 Å². The average Bonchev–Trinajstić information content (AvgIpc) is 1.89. The molecule has 0 aliphatic rings. The van der Waals surface area contributed by atoms with E-state index in [2.05, 4.69) is 16.2 Å². The van der Waals surface area contributed by atoms with Crippen molar-refractivity contribution < 1.29 is 4.74 Å². The number of hydrogen-bond donors (Lipinski definition) is 3. The van der Waals surface area contributed by atoms with Gasteiger partial charge in [-0.05, 0) is 14.0 Å². The second-order valence-corrected chi connectivity index (χ2v) is 1.69. The van der Waals surface area contributed by atoms with Crippen LogP contribution in [-0.2, 0) is 4.74 Å². The molecule has 4 nitrogen and oxygen atoms in total. The molecule has 0 bridgehead atoms. The van der Waals surface area contributed by atoms with Crippen LogP contribution in [0, 0.1) is 0 Å². The Hall–Kier alpha value is -0.160. The Morgan fingerprint density at radius 3 is 2.67 bits per heavy atom. The first-order valence-electron chi connectivity index (χ1n) is 2.97. The third-order valence-corrected chi connectivity index (χ3v) is 1.01. The number of rotatable bonds is 5. The maximum Gasteiger partial charge on any atom is 0.105 e. The lowest BCUT2D eigenvalue weighted by Crippen LogP contribution is -2.41. The summed E-state index contributed by atoms with van der Waals surface area (Å²) in [5, 5.41) is 3.04. The highest BCUT2D eigenvalue weighted by molar-refractivity contribution is 4.41. The van der Waals surface area contributed by atoms with Crippen molar-refractivity contribution in [2.75, 3.05) is 20.8 Å². The van der Waals surface area contributed by atoms with E-state index < -0.39 is 0 Å². The van der Waals surface area contributed by atoms with Gasteiger partial charge in [0, 0.05) is 7.11 Å². The zero-order chi connectivity index (χ0) is 7.11. The van der Waals surface area contributed by atoms with Crippen molar-refractivity contribution in [2.24, 2.45) is 0 Å². The molecule has 1 unspecified atom stereocenters. The van der Waals surface area contributed by atoms with E-state index in [9.17, 15) is 0 Å². The molecule has 9 heavy (non-hydrogen) atoms. The van der Waals surface area contributed by atoms with Crippen LogP contribution in [0.3, 0.4) is 0 Å². The zero-order valence-corrected chi connectivity index (χ0v) is 6.19. The van der Waals surface area contributed by atoms with Gasteiger partial charge >= 0.3 is 0 Å². The van der Waals surface area contributed by atoms with Gasteiger partial charge in [0.15, 0.2) is 0 Å².